The van der Waals surface area contributed by atoms with Crippen molar-refractivity contribution in [3.63, 3.8) is 0 Å². The van der Waals surface area contributed by atoms with Gasteiger partial charge >= 0.3 is 6.03 Å². The maximum absolute atomic E-state index is 13.6. The second kappa shape index (κ2) is 14.5. The van der Waals surface area contributed by atoms with Crippen LogP contribution in [-0.2, 0) is 17.8 Å². The maximum atomic E-state index is 13.6. The van der Waals surface area contributed by atoms with Crippen LogP contribution in [0.4, 0.5) is 10.6 Å². The molecule has 4 fully saturated rings. The lowest BCUT2D eigenvalue weighted by molar-refractivity contribution is -0.133. The van der Waals surface area contributed by atoms with E-state index in [0.717, 1.165) is 113 Å². The minimum absolute atomic E-state index is 0.140. The van der Waals surface area contributed by atoms with E-state index in [9.17, 15) is 9.59 Å². The molecule has 0 spiro atoms. The topological polar surface area (TPSA) is 107 Å². The van der Waals surface area contributed by atoms with Crippen LogP contribution in [0, 0.1) is 11.8 Å². The van der Waals surface area contributed by atoms with Crippen molar-refractivity contribution in [2.24, 2.45) is 11.8 Å². The first kappa shape index (κ1) is 31.8. The first-order valence-electron chi connectivity index (χ1n) is 18.0. The summed E-state index contributed by atoms with van der Waals surface area (Å²) in [5.74, 6) is 1.96. The Bertz CT molecular complexity index is 1520. The molecule has 12 nitrogen and oxygen atoms in total. The Morgan fingerprint density at radius 2 is 1.64 bits per heavy atom. The van der Waals surface area contributed by atoms with Crippen LogP contribution in [0.15, 0.2) is 30.7 Å². The van der Waals surface area contributed by atoms with E-state index >= 15 is 0 Å². The van der Waals surface area contributed by atoms with Crippen molar-refractivity contribution in [2.45, 2.75) is 64.8 Å². The van der Waals surface area contributed by atoms with Crippen molar-refractivity contribution < 1.29 is 9.59 Å². The SMILES string of the molecule is CCCc1cccc(Cn2ncc3c(N4CCN(C(=O)N5CCC(CN(CCN6CCCC6)C(=O)C6CC6)CC5)CC4)ncnc32)n1. The summed E-state index contributed by atoms with van der Waals surface area (Å²) < 4.78 is 1.90. The van der Waals surface area contributed by atoms with Gasteiger partial charge in [-0.25, -0.2) is 19.4 Å². The Hall–Kier alpha value is -3.80. The van der Waals surface area contributed by atoms with Crippen LogP contribution < -0.4 is 4.90 Å². The monoisotopic (exact) mass is 642 g/mol. The molecule has 252 valence electrons. The Balaban J connectivity index is 0.904. The number of aromatic nitrogens is 5. The van der Waals surface area contributed by atoms with Crippen molar-refractivity contribution >= 4 is 28.8 Å². The lowest BCUT2D eigenvalue weighted by Crippen LogP contribution is -2.54. The number of hydrogen-bond donors (Lipinski definition) is 0. The molecular weight excluding hydrogens is 592 g/mol. The number of likely N-dealkylation sites (tertiary alicyclic amines) is 2. The molecule has 3 aromatic heterocycles. The zero-order valence-corrected chi connectivity index (χ0v) is 28.0. The van der Waals surface area contributed by atoms with E-state index in [1.165, 1.54) is 25.9 Å². The smallest absolute Gasteiger partial charge is 0.320 e. The van der Waals surface area contributed by atoms with Gasteiger partial charge in [-0.15, -0.1) is 0 Å². The third-order valence-electron chi connectivity index (χ3n) is 10.4. The number of anilines is 1. The number of carbonyl (C=O) groups is 2. The molecule has 0 N–H and O–H groups in total. The van der Waals surface area contributed by atoms with Gasteiger partial charge in [0.2, 0.25) is 5.91 Å². The van der Waals surface area contributed by atoms with Gasteiger partial charge in [0.05, 0.1) is 23.8 Å². The van der Waals surface area contributed by atoms with Crippen LogP contribution in [0.25, 0.3) is 11.0 Å². The predicted octanol–water partition coefficient (Wildman–Crippen LogP) is 3.51. The van der Waals surface area contributed by atoms with Crippen molar-refractivity contribution in [3.8, 4) is 0 Å². The molecule has 12 heteroatoms. The fourth-order valence-electron chi connectivity index (χ4n) is 7.49. The Morgan fingerprint density at radius 1 is 0.894 bits per heavy atom. The summed E-state index contributed by atoms with van der Waals surface area (Å²) in [6.07, 6.45) is 12.1. The third kappa shape index (κ3) is 7.52. The van der Waals surface area contributed by atoms with Gasteiger partial charge in [0.1, 0.15) is 12.1 Å². The summed E-state index contributed by atoms with van der Waals surface area (Å²) in [6, 6.07) is 6.31. The highest BCUT2D eigenvalue weighted by atomic mass is 16.2. The lowest BCUT2D eigenvalue weighted by Gasteiger charge is -2.40. The van der Waals surface area contributed by atoms with E-state index in [-0.39, 0.29) is 11.9 Å². The molecule has 6 heterocycles. The summed E-state index contributed by atoms with van der Waals surface area (Å²) in [5, 5.41) is 5.58. The van der Waals surface area contributed by atoms with Crippen LogP contribution in [-0.4, -0.2) is 128 Å². The highest BCUT2D eigenvalue weighted by Gasteiger charge is 2.36. The van der Waals surface area contributed by atoms with Gasteiger partial charge in [-0.05, 0) is 76.1 Å². The van der Waals surface area contributed by atoms with E-state index in [2.05, 4.69) is 48.8 Å². The number of pyridine rings is 1. The van der Waals surface area contributed by atoms with Crippen LogP contribution in [0.1, 0.15) is 63.3 Å². The van der Waals surface area contributed by atoms with Gasteiger partial charge in [0.25, 0.3) is 0 Å². The molecule has 0 unspecified atom stereocenters. The summed E-state index contributed by atoms with van der Waals surface area (Å²) in [7, 11) is 0. The zero-order valence-electron chi connectivity index (χ0n) is 28.0. The Kier molecular flexibility index (Phi) is 9.83. The molecule has 0 atom stereocenters. The summed E-state index contributed by atoms with van der Waals surface area (Å²) >= 11 is 0. The number of fused-ring (bicyclic) bond motifs is 1. The second-order valence-corrected chi connectivity index (χ2v) is 13.9. The molecule has 3 saturated heterocycles. The number of rotatable bonds is 11. The number of nitrogens with zero attached hydrogens (tertiary/aromatic N) is 10. The highest BCUT2D eigenvalue weighted by Crippen LogP contribution is 2.32. The van der Waals surface area contributed by atoms with Gasteiger partial charge in [0.15, 0.2) is 5.65 Å². The molecule has 47 heavy (non-hydrogen) atoms. The lowest BCUT2D eigenvalue weighted by atomic mass is 9.96. The number of piperazine rings is 1. The third-order valence-corrected chi connectivity index (χ3v) is 10.4. The fraction of sp³-hybridized carbons (Fsp3) is 0.657. The molecule has 3 aromatic rings. The van der Waals surface area contributed by atoms with Crippen molar-refractivity contribution in [3.05, 3.63) is 42.1 Å². The van der Waals surface area contributed by atoms with Crippen LogP contribution >= 0.6 is 0 Å². The standard InChI is InChI=1S/C35H50N10O2/c1-2-6-29-7-5-8-30(39-29)25-45-33-31(23-38-45)32(36-26-37-33)41-19-21-43(22-20-41)35(47)42-15-11-27(12-16-42)24-44(34(46)28-9-10-28)18-17-40-13-3-4-14-40/h5,7-8,23,26-28H,2-4,6,9-22,24-25H2,1H3. The van der Waals surface area contributed by atoms with Crippen molar-refractivity contribution in [1.82, 2.24) is 44.3 Å². The van der Waals surface area contributed by atoms with Crippen molar-refractivity contribution in [2.75, 3.05) is 76.9 Å². The number of urea groups is 1. The van der Waals surface area contributed by atoms with E-state index in [0.29, 0.717) is 31.5 Å². The first-order chi connectivity index (χ1) is 23.1. The number of carbonyl (C=O) groups excluding carboxylic acids is 2. The zero-order chi connectivity index (χ0) is 32.2. The predicted molar refractivity (Wildman–Crippen MR) is 181 cm³/mol. The molecular formula is C35H50N10O2. The van der Waals surface area contributed by atoms with Gasteiger partial charge < -0.3 is 24.5 Å². The van der Waals surface area contributed by atoms with Gasteiger partial charge in [-0.3, -0.25) is 9.78 Å². The number of piperidine rings is 1. The number of hydrogen-bond acceptors (Lipinski definition) is 8. The summed E-state index contributed by atoms with van der Waals surface area (Å²) in [6.45, 7) is 12.0. The van der Waals surface area contributed by atoms with Gasteiger partial charge in [0, 0.05) is 70.5 Å². The van der Waals surface area contributed by atoms with E-state index < -0.39 is 0 Å². The Labute approximate surface area is 278 Å². The van der Waals surface area contributed by atoms with Crippen molar-refractivity contribution in [1.29, 1.82) is 0 Å². The summed E-state index contributed by atoms with van der Waals surface area (Å²) in [4.78, 5) is 51.6. The van der Waals surface area contributed by atoms with Crippen LogP contribution in [0.2, 0.25) is 0 Å². The average Bonchev–Trinajstić information content (AvgIpc) is 3.68. The van der Waals surface area contributed by atoms with Crippen LogP contribution in [0.3, 0.4) is 0 Å². The van der Waals surface area contributed by atoms with E-state index in [1.54, 1.807) is 6.33 Å². The fourth-order valence-corrected chi connectivity index (χ4v) is 7.49. The molecule has 7 rings (SSSR count). The number of amides is 3. The Morgan fingerprint density at radius 3 is 2.38 bits per heavy atom. The summed E-state index contributed by atoms with van der Waals surface area (Å²) in [5.41, 5.74) is 2.87. The maximum Gasteiger partial charge on any atom is 0.320 e. The second-order valence-electron chi connectivity index (χ2n) is 13.9. The highest BCUT2D eigenvalue weighted by molar-refractivity contribution is 5.87. The molecule has 1 aliphatic carbocycles. The van der Waals surface area contributed by atoms with Crippen LogP contribution in [0.5, 0.6) is 0 Å². The van der Waals surface area contributed by atoms with Gasteiger partial charge in [-0.1, -0.05) is 19.4 Å². The molecule has 3 amide bonds. The first-order valence-corrected chi connectivity index (χ1v) is 18.0. The quantitative estimate of drug-likeness (QED) is 0.313. The van der Waals surface area contributed by atoms with Gasteiger partial charge in [-0.2, -0.15) is 5.10 Å². The molecule has 0 aromatic carbocycles. The minimum Gasteiger partial charge on any atom is -0.352 e. The average molecular weight is 643 g/mol. The number of aryl methyl sites for hydroxylation is 1. The van der Waals surface area contributed by atoms with E-state index in [1.807, 2.05) is 26.7 Å². The molecule has 0 radical (unpaired) electrons. The molecule has 4 aliphatic rings. The largest absolute Gasteiger partial charge is 0.352 e. The molecule has 1 saturated carbocycles. The molecule has 0 bridgehead atoms. The normalized spacial score (nSPS) is 19.6. The van der Waals surface area contributed by atoms with E-state index in [4.69, 9.17) is 4.98 Å². The molecule has 3 aliphatic heterocycles. The minimum atomic E-state index is 0.140.